The molecule has 3 rings (SSSR count). The van der Waals surface area contributed by atoms with Crippen LogP contribution in [0.3, 0.4) is 0 Å². The van der Waals surface area contributed by atoms with Gasteiger partial charge in [-0.15, -0.1) is 0 Å². The van der Waals surface area contributed by atoms with Crippen LogP contribution in [0.15, 0.2) is 36.5 Å². The fourth-order valence-corrected chi connectivity index (χ4v) is 2.49. The highest BCUT2D eigenvalue weighted by molar-refractivity contribution is 5.90. The van der Waals surface area contributed by atoms with Crippen LogP contribution in [-0.4, -0.2) is 24.2 Å². The highest BCUT2D eigenvalue weighted by Gasteiger charge is 2.13. The molecule has 1 unspecified atom stereocenters. The molecule has 2 aromatic rings. The van der Waals surface area contributed by atoms with Crippen molar-refractivity contribution in [2.24, 2.45) is 0 Å². The van der Waals surface area contributed by atoms with E-state index >= 15 is 0 Å². The molecule has 3 heteroatoms. The van der Waals surface area contributed by atoms with Gasteiger partial charge in [0.1, 0.15) is 0 Å². The molecule has 1 atom stereocenters. The van der Waals surface area contributed by atoms with Gasteiger partial charge in [0.25, 0.3) is 0 Å². The molecule has 1 fully saturated rings. The lowest BCUT2D eigenvalue weighted by atomic mass is 10.1. The summed E-state index contributed by atoms with van der Waals surface area (Å²) in [7, 11) is 0. The molecule has 0 spiro atoms. The fraction of sp³-hybridized carbons (Fsp3) is 0.400. The van der Waals surface area contributed by atoms with Gasteiger partial charge in [-0.1, -0.05) is 18.2 Å². The van der Waals surface area contributed by atoms with E-state index in [-0.39, 0.29) is 0 Å². The smallest absolute Gasteiger partial charge is 0.0933 e. The average molecular weight is 242 g/mol. The number of aromatic nitrogens is 1. The Morgan fingerprint density at radius 2 is 2.06 bits per heavy atom. The van der Waals surface area contributed by atoms with E-state index in [0.29, 0.717) is 6.04 Å². The van der Waals surface area contributed by atoms with Crippen molar-refractivity contribution >= 4 is 16.6 Å². The molecule has 1 aliphatic heterocycles. The van der Waals surface area contributed by atoms with Crippen LogP contribution in [0.5, 0.6) is 0 Å². The first-order valence-electron chi connectivity index (χ1n) is 6.61. The maximum Gasteiger partial charge on any atom is 0.0933 e. The Balaban J connectivity index is 1.85. The van der Waals surface area contributed by atoms with Crippen LogP contribution in [0.25, 0.3) is 10.9 Å². The lowest BCUT2D eigenvalue weighted by Gasteiger charge is -2.18. The topological polar surface area (TPSA) is 34.2 Å². The Kier molecular flexibility index (Phi) is 3.42. The van der Waals surface area contributed by atoms with E-state index in [9.17, 15) is 0 Å². The number of nitrogens with one attached hydrogen (secondary N) is 1. The number of ether oxygens (including phenoxy) is 1. The van der Waals surface area contributed by atoms with Crippen molar-refractivity contribution in [2.75, 3.05) is 18.5 Å². The van der Waals surface area contributed by atoms with Crippen LogP contribution in [0.1, 0.15) is 19.3 Å². The fourth-order valence-electron chi connectivity index (χ4n) is 2.49. The SMILES string of the molecule is c1cnc2c(NC3CCCOCC3)cccc2c1. The number of anilines is 1. The maximum absolute atomic E-state index is 5.49. The van der Waals surface area contributed by atoms with E-state index in [1.165, 1.54) is 11.8 Å². The summed E-state index contributed by atoms with van der Waals surface area (Å²) in [5.41, 5.74) is 2.20. The number of hydrogen-bond donors (Lipinski definition) is 1. The lowest BCUT2D eigenvalue weighted by molar-refractivity contribution is 0.144. The highest BCUT2D eigenvalue weighted by atomic mass is 16.5. The van der Waals surface area contributed by atoms with Gasteiger partial charge in [-0.05, 0) is 31.4 Å². The van der Waals surface area contributed by atoms with Crippen molar-refractivity contribution in [2.45, 2.75) is 25.3 Å². The zero-order chi connectivity index (χ0) is 12.2. The third-order valence-electron chi connectivity index (χ3n) is 3.44. The predicted octanol–water partition coefficient (Wildman–Crippen LogP) is 3.22. The normalized spacial score (nSPS) is 20.6. The highest BCUT2D eigenvalue weighted by Crippen LogP contribution is 2.23. The quantitative estimate of drug-likeness (QED) is 0.878. The number of rotatable bonds is 2. The molecule has 3 nitrogen and oxygen atoms in total. The number of fused-ring (bicyclic) bond motifs is 1. The van der Waals surface area contributed by atoms with E-state index < -0.39 is 0 Å². The van der Waals surface area contributed by atoms with E-state index in [4.69, 9.17) is 4.74 Å². The van der Waals surface area contributed by atoms with E-state index in [1.807, 2.05) is 12.3 Å². The molecule has 1 aliphatic rings. The average Bonchev–Trinajstić information content (AvgIpc) is 2.68. The molecule has 0 amide bonds. The van der Waals surface area contributed by atoms with Crippen molar-refractivity contribution in [3.8, 4) is 0 Å². The standard InChI is InChI=1S/C15H18N2O/c1-4-12-5-2-9-16-15(12)14(7-1)17-13-6-3-10-18-11-8-13/h1-2,4-5,7,9,13,17H,3,6,8,10-11H2. The van der Waals surface area contributed by atoms with Crippen LogP contribution in [0.2, 0.25) is 0 Å². The largest absolute Gasteiger partial charge is 0.381 e. The Morgan fingerprint density at radius 3 is 3.06 bits per heavy atom. The van der Waals surface area contributed by atoms with Crippen molar-refractivity contribution in [1.82, 2.24) is 4.98 Å². The Bertz CT molecular complexity index is 513. The first-order chi connectivity index (χ1) is 8.93. The summed E-state index contributed by atoms with van der Waals surface area (Å²) in [6.07, 6.45) is 5.23. The summed E-state index contributed by atoms with van der Waals surface area (Å²) in [4.78, 5) is 4.48. The summed E-state index contributed by atoms with van der Waals surface area (Å²) in [6.45, 7) is 1.75. The van der Waals surface area contributed by atoms with Gasteiger partial charge >= 0.3 is 0 Å². The molecule has 0 saturated carbocycles. The number of hydrogen-bond acceptors (Lipinski definition) is 3. The van der Waals surface area contributed by atoms with E-state index in [0.717, 1.165) is 37.3 Å². The van der Waals surface area contributed by atoms with E-state index in [1.54, 1.807) is 0 Å². The number of nitrogens with zero attached hydrogens (tertiary/aromatic N) is 1. The summed E-state index contributed by atoms with van der Waals surface area (Å²) in [5.74, 6) is 0. The van der Waals surface area contributed by atoms with Gasteiger partial charge in [-0.2, -0.15) is 0 Å². The second kappa shape index (κ2) is 5.36. The predicted molar refractivity (Wildman–Crippen MR) is 73.8 cm³/mol. The summed E-state index contributed by atoms with van der Waals surface area (Å²) >= 11 is 0. The molecule has 1 aromatic carbocycles. The van der Waals surface area contributed by atoms with Crippen LogP contribution >= 0.6 is 0 Å². The van der Waals surface area contributed by atoms with Crippen molar-refractivity contribution in [3.05, 3.63) is 36.5 Å². The molecule has 0 radical (unpaired) electrons. The van der Waals surface area contributed by atoms with Gasteiger partial charge in [0.05, 0.1) is 11.2 Å². The van der Waals surface area contributed by atoms with Gasteiger partial charge < -0.3 is 10.1 Å². The van der Waals surface area contributed by atoms with Crippen molar-refractivity contribution in [3.63, 3.8) is 0 Å². The monoisotopic (exact) mass is 242 g/mol. The maximum atomic E-state index is 5.49. The van der Waals surface area contributed by atoms with Gasteiger partial charge in [-0.3, -0.25) is 4.98 Å². The second-order valence-electron chi connectivity index (χ2n) is 4.77. The minimum atomic E-state index is 0.500. The third-order valence-corrected chi connectivity index (χ3v) is 3.44. The molecular formula is C15H18N2O. The molecule has 1 saturated heterocycles. The molecule has 0 aliphatic carbocycles. The summed E-state index contributed by atoms with van der Waals surface area (Å²) in [5, 5.41) is 4.81. The number of benzene rings is 1. The molecule has 1 N–H and O–H groups in total. The van der Waals surface area contributed by atoms with E-state index in [2.05, 4.69) is 34.6 Å². The van der Waals surface area contributed by atoms with Gasteiger partial charge in [0, 0.05) is 30.8 Å². The second-order valence-corrected chi connectivity index (χ2v) is 4.77. The van der Waals surface area contributed by atoms with Gasteiger partial charge in [-0.25, -0.2) is 0 Å². The van der Waals surface area contributed by atoms with Crippen LogP contribution < -0.4 is 5.32 Å². The first-order valence-corrected chi connectivity index (χ1v) is 6.61. The Labute approximate surface area is 107 Å². The van der Waals surface area contributed by atoms with Gasteiger partial charge in [0.15, 0.2) is 0 Å². The summed E-state index contributed by atoms with van der Waals surface area (Å²) in [6, 6.07) is 10.9. The zero-order valence-electron chi connectivity index (χ0n) is 10.4. The molecule has 18 heavy (non-hydrogen) atoms. The molecule has 1 aromatic heterocycles. The molecule has 94 valence electrons. The minimum absolute atomic E-state index is 0.500. The zero-order valence-corrected chi connectivity index (χ0v) is 10.4. The molecule has 0 bridgehead atoms. The van der Waals surface area contributed by atoms with Crippen LogP contribution in [0, 0.1) is 0 Å². The summed E-state index contributed by atoms with van der Waals surface area (Å²) < 4.78 is 5.49. The minimum Gasteiger partial charge on any atom is -0.381 e. The molecule has 2 heterocycles. The third kappa shape index (κ3) is 2.46. The number of pyridine rings is 1. The first kappa shape index (κ1) is 11.5. The number of para-hydroxylation sites is 1. The van der Waals surface area contributed by atoms with Crippen LogP contribution in [0.4, 0.5) is 5.69 Å². The van der Waals surface area contributed by atoms with Gasteiger partial charge in [0.2, 0.25) is 0 Å². The Hall–Kier alpha value is -1.61. The van der Waals surface area contributed by atoms with Crippen LogP contribution in [-0.2, 0) is 4.74 Å². The van der Waals surface area contributed by atoms with Crippen molar-refractivity contribution < 1.29 is 4.74 Å². The lowest BCUT2D eigenvalue weighted by Crippen LogP contribution is -2.19. The Morgan fingerprint density at radius 1 is 1.11 bits per heavy atom. The molecular weight excluding hydrogens is 224 g/mol. The van der Waals surface area contributed by atoms with Crippen molar-refractivity contribution in [1.29, 1.82) is 0 Å².